The van der Waals surface area contributed by atoms with Crippen LogP contribution >= 0.6 is 0 Å². The van der Waals surface area contributed by atoms with Gasteiger partial charge in [0.15, 0.2) is 0 Å². The van der Waals surface area contributed by atoms with Gasteiger partial charge >= 0.3 is 29.9 Å². The Bertz CT molecular complexity index is 792. The monoisotopic (exact) mass is 536 g/mol. The van der Waals surface area contributed by atoms with Gasteiger partial charge in [-0.05, 0) is 0 Å². The zero-order chi connectivity index (χ0) is 15.9. The SMILES string of the molecule is C[c-]1ccc2ccccc21.C[c-]1ccc2ccccc21.[Cl-].[Cl-].[Si]=[Hf+2]. The first kappa shape index (κ1) is 23.3. The fraction of sp³-hybridized carbons (Fsp3) is 0.100. The van der Waals surface area contributed by atoms with Crippen molar-refractivity contribution >= 4 is 28.5 Å². The van der Waals surface area contributed by atoms with Gasteiger partial charge in [-0.2, -0.15) is 24.3 Å². The quantitative estimate of drug-likeness (QED) is 0.208. The molecule has 0 bridgehead atoms. The molecule has 4 heteroatoms. The minimum absolute atomic E-state index is 0. The van der Waals surface area contributed by atoms with Gasteiger partial charge in [0.1, 0.15) is 0 Å². The molecule has 2 radical (unpaired) electrons. The van der Waals surface area contributed by atoms with E-state index in [1.807, 2.05) is 0 Å². The van der Waals surface area contributed by atoms with E-state index in [4.69, 9.17) is 0 Å². The number of aryl methyl sites for hydroxylation is 2. The van der Waals surface area contributed by atoms with Crippen LogP contribution in [0.4, 0.5) is 0 Å². The molecule has 0 amide bonds. The Morgan fingerprint density at radius 3 is 1.29 bits per heavy atom. The molecule has 0 fully saturated rings. The Morgan fingerprint density at radius 1 is 0.625 bits per heavy atom. The third-order valence-corrected chi connectivity index (χ3v) is 3.80. The molecule has 122 valence electrons. The molecule has 0 aliphatic heterocycles. The van der Waals surface area contributed by atoms with Crippen LogP contribution in [0.5, 0.6) is 0 Å². The van der Waals surface area contributed by atoms with Gasteiger partial charge in [0.05, 0.1) is 0 Å². The van der Waals surface area contributed by atoms with Crippen LogP contribution in [-0.2, 0) is 23.0 Å². The van der Waals surface area contributed by atoms with Crippen molar-refractivity contribution < 1.29 is 47.8 Å². The second kappa shape index (κ2) is 11.8. The van der Waals surface area contributed by atoms with Crippen molar-refractivity contribution in [3.05, 3.63) is 83.9 Å². The fourth-order valence-electron chi connectivity index (χ4n) is 2.61. The molecule has 4 rings (SSSR count). The second-order valence-corrected chi connectivity index (χ2v) is 5.21. The standard InChI is InChI=1S/2C10H9.2ClH.Hf.Si/c2*1-8-6-7-9-4-2-3-5-10(8)9;;;;/h2*2-7H,1H3;2*1H;;/q2*-1;;;+2;/p-2. The van der Waals surface area contributed by atoms with Crippen molar-refractivity contribution in [2.24, 2.45) is 0 Å². The van der Waals surface area contributed by atoms with Crippen LogP contribution in [0.25, 0.3) is 21.5 Å². The summed E-state index contributed by atoms with van der Waals surface area (Å²) in [6.07, 6.45) is 0. The van der Waals surface area contributed by atoms with Crippen molar-refractivity contribution in [1.82, 2.24) is 0 Å². The van der Waals surface area contributed by atoms with Crippen LogP contribution in [0, 0.1) is 13.8 Å². The van der Waals surface area contributed by atoms with Crippen molar-refractivity contribution in [1.29, 1.82) is 0 Å². The molecule has 0 N–H and O–H groups in total. The maximum atomic E-state index is 3.11. The number of rotatable bonds is 0. The average Bonchev–Trinajstić information content (AvgIpc) is 3.15. The first-order chi connectivity index (χ1) is 10.8. The molecular formula is C20H18Cl2HfSi-2. The third-order valence-electron chi connectivity index (χ3n) is 3.80. The molecular weight excluding hydrogens is 518 g/mol. The predicted octanol–water partition coefficient (Wildman–Crippen LogP) is -0.641. The average molecular weight is 536 g/mol. The summed E-state index contributed by atoms with van der Waals surface area (Å²) in [5.41, 5.74) is 2.74. The molecule has 24 heavy (non-hydrogen) atoms. The summed E-state index contributed by atoms with van der Waals surface area (Å²) in [5, 5.41) is 5.45. The molecule has 0 atom stereocenters. The van der Waals surface area contributed by atoms with Gasteiger partial charge in [0.2, 0.25) is 0 Å². The van der Waals surface area contributed by atoms with Gasteiger partial charge in [0, 0.05) is 0 Å². The topological polar surface area (TPSA) is 0 Å². The molecule has 0 nitrogen and oxygen atoms in total. The summed E-state index contributed by atoms with van der Waals surface area (Å²) in [6, 6.07) is 25.5. The Balaban J connectivity index is 0.000000372. The molecule has 0 aliphatic carbocycles. The van der Waals surface area contributed by atoms with Gasteiger partial charge in [0.25, 0.3) is 0 Å². The summed E-state index contributed by atoms with van der Waals surface area (Å²) < 4.78 is 0. The summed E-state index contributed by atoms with van der Waals surface area (Å²) in [7, 11) is 0. The molecule has 4 aromatic carbocycles. The van der Waals surface area contributed by atoms with E-state index in [1.54, 1.807) is 0 Å². The Labute approximate surface area is 173 Å². The Hall–Kier alpha value is -0.673. The first-order valence-corrected chi connectivity index (χ1v) is 13.1. The molecule has 0 saturated carbocycles. The van der Waals surface area contributed by atoms with Crippen molar-refractivity contribution in [2.45, 2.75) is 13.8 Å². The van der Waals surface area contributed by atoms with E-state index in [0.29, 0.717) is 0 Å². The minimum atomic E-state index is 0. The van der Waals surface area contributed by atoms with Gasteiger partial charge in [-0.15, -0.1) is 69.1 Å². The van der Waals surface area contributed by atoms with E-state index in [-0.39, 0.29) is 24.8 Å². The van der Waals surface area contributed by atoms with E-state index in [0.717, 1.165) is 23.0 Å². The van der Waals surface area contributed by atoms with E-state index >= 15 is 0 Å². The van der Waals surface area contributed by atoms with Crippen LogP contribution in [0.15, 0.2) is 72.8 Å². The fourth-order valence-corrected chi connectivity index (χ4v) is 2.61. The van der Waals surface area contributed by atoms with Gasteiger partial charge < -0.3 is 24.8 Å². The Kier molecular flexibility index (Phi) is 11.5. The number of hydrogen-bond acceptors (Lipinski definition) is 0. The van der Waals surface area contributed by atoms with E-state index in [1.165, 1.54) is 32.7 Å². The first-order valence-electron chi connectivity index (χ1n) is 7.23. The van der Waals surface area contributed by atoms with E-state index in [2.05, 4.69) is 93.6 Å². The zero-order valence-electron chi connectivity index (χ0n) is 13.7. The number of fused-ring (bicyclic) bond motifs is 2. The van der Waals surface area contributed by atoms with Crippen LogP contribution in [0.2, 0.25) is 0 Å². The van der Waals surface area contributed by atoms with Crippen LogP contribution in [0.3, 0.4) is 0 Å². The summed E-state index contributed by atoms with van der Waals surface area (Å²) in [4.78, 5) is 0. The van der Waals surface area contributed by atoms with E-state index in [9.17, 15) is 0 Å². The number of hydrogen-bond donors (Lipinski definition) is 0. The van der Waals surface area contributed by atoms with Crippen molar-refractivity contribution in [2.75, 3.05) is 0 Å². The molecule has 0 spiro atoms. The van der Waals surface area contributed by atoms with Gasteiger partial charge in [-0.25, -0.2) is 0 Å². The predicted molar refractivity (Wildman–Crippen MR) is 94.3 cm³/mol. The molecule has 0 heterocycles. The van der Waals surface area contributed by atoms with Crippen molar-refractivity contribution in [3.8, 4) is 0 Å². The molecule has 0 unspecified atom stereocenters. The Morgan fingerprint density at radius 2 is 0.958 bits per heavy atom. The van der Waals surface area contributed by atoms with Gasteiger partial charge in [-0.3, -0.25) is 0 Å². The van der Waals surface area contributed by atoms with Gasteiger partial charge in [-0.1, -0.05) is 26.0 Å². The van der Waals surface area contributed by atoms with Crippen LogP contribution < -0.4 is 24.8 Å². The summed E-state index contributed by atoms with van der Waals surface area (Å²) in [5.74, 6) is 0. The summed E-state index contributed by atoms with van der Waals surface area (Å²) in [6.45, 7) is 7.39. The van der Waals surface area contributed by atoms with Crippen LogP contribution in [-0.4, -0.2) is 6.94 Å². The molecule has 4 aromatic rings. The maximum absolute atomic E-state index is 3.11. The van der Waals surface area contributed by atoms with Crippen molar-refractivity contribution in [3.63, 3.8) is 0 Å². The summed E-state index contributed by atoms with van der Waals surface area (Å²) >= 11 is 1.11. The molecule has 0 aromatic heterocycles. The third kappa shape index (κ3) is 5.70. The second-order valence-electron chi connectivity index (χ2n) is 5.21. The molecule has 0 aliphatic rings. The number of benzene rings is 2. The zero-order valence-corrected chi connectivity index (χ0v) is 19.8. The van der Waals surface area contributed by atoms with Crippen LogP contribution in [0.1, 0.15) is 11.1 Å². The number of halogens is 2. The molecule has 0 saturated heterocycles. The normalized spacial score (nSPS) is 9.00. The van der Waals surface area contributed by atoms with E-state index < -0.39 is 0 Å².